The second-order valence-corrected chi connectivity index (χ2v) is 9.07. The fraction of sp³-hybridized carbons (Fsp3) is 0.222. The molecule has 1 fully saturated rings. The lowest BCUT2D eigenvalue weighted by Gasteiger charge is -2.36. The molecule has 6 heteroatoms. The van der Waals surface area contributed by atoms with E-state index in [0.29, 0.717) is 29.6 Å². The Balaban J connectivity index is 1.49. The fourth-order valence-electron chi connectivity index (χ4n) is 3.86. The van der Waals surface area contributed by atoms with Crippen molar-refractivity contribution < 1.29 is 14.3 Å². The minimum Gasteiger partial charge on any atom is -0.481 e. The smallest absolute Gasteiger partial charge is 0.309 e. The number of halogens is 3. The van der Waals surface area contributed by atoms with E-state index < -0.39 is 5.97 Å². The van der Waals surface area contributed by atoms with Crippen molar-refractivity contribution in [1.82, 2.24) is 4.90 Å². The quantitative estimate of drug-likeness (QED) is 0.437. The Morgan fingerprint density at radius 3 is 2.42 bits per heavy atom. The molecule has 33 heavy (non-hydrogen) atoms. The molecular weight excluding hydrogens is 460 g/mol. The van der Waals surface area contributed by atoms with E-state index in [0.717, 1.165) is 28.8 Å². The molecule has 0 aromatic heterocycles. The number of carboxylic acids is 1. The van der Waals surface area contributed by atoms with Crippen molar-refractivity contribution in [3.63, 3.8) is 0 Å². The Bertz CT molecular complexity index is 1210. The molecule has 0 aliphatic carbocycles. The molecule has 1 saturated heterocycles. The van der Waals surface area contributed by atoms with Gasteiger partial charge in [-0.15, -0.1) is 0 Å². The van der Waals surface area contributed by atoms with Crippen molar-refractivity contribution in [2.24, 2.45) is 5.92 Å². The first kappa shape index (κ1) is 23.3. The molecule has 1 atom stereocenters. The van der Waals surface area contributed by atoms with Gasteiger partial charge in [-0.05, 0) is 59.5 Å². The predicted octanol–water partition coefficient (Wildman–Crippen LogP) is 6.03. The maximum absolute atomic E-state index is 13.9. The topological polar surface area (TPSA) is 40.5 Å². The molecule has 4 rings (SSSR count). The highest BCUT2D eigenvalue weighted by Gasteiger charge is 2.32. The highest BCUT2D eigenvalue weighted by Crippen LogP contribution is 2.27. The van der Waals surface area contributed by atoms with Gasteiger partial charge in [-0.1, -0.05) is 65.4 Å². The van der Waals surface area contributed by atoms with E-state index in [2.05, 4.69) is 16.7 Å². The van der Waals surface area contributed by atoms with Gasteiger partial charge in [0.05, 0.1) is 16.0 Å². The third-order valence-corrected chi connectivity index (χ3v) is 6.47. The van der Waals surface area contributed by atoms with Crippen LogP contribution in [0.3, 0.4) is 0 Å². The SMILES string of the molecule is O=C(O)C1CN(Cc2ccc(C#CC(Cc3ccc(Cl)c(Cl)c3)c3cccc(F)c3)cc2)C1. The van der Waals surface area contributed by atoms with Crippen molar-refractivity contribution >= 4 is 29.2 Å². The first-order valence-corrected chi connectivity index (χ1v) is 11.4. The van der Waals surface area contributed by atoms with Crippen LogP contribution in [-0.2, 0) is 17.8 Å². The van der Waals surface area contributed by atoms with E-state index in [1.54, 1.807) is 12.1 Å². The average molecular weight is 482 g/mol. The minimum atomic E-state index is -0.731. The van der Waals surface area contributed by atoms with Gasteiger partial charge in [0.2, 0.25) is 0 Å². The summed E-state index contributed by atoms with van der Waals surface area (Å²) in [6.07, 6.45) is 0.575. The summed E-state index contributed by atoms with van der Waals surface area (Å²) in [5, 5.41) is 9.97. The molecule has 1 aliphatic heterocycles. The molecule has 3 aromatic carbocycles. The molecule has 1 aliphatic rings. The van der Waals surface area contributed by atoms with Crippen LogP contribution >= 0.6 is 23.2 Å². The van der Waals surface area contributed by atoms with Gasteiger partial charge < -0.3 is 5.11 Å². The number of benzene rings is 3. The first-order chi connectivity index (χ1) is 15.9. The van der Waals surface area contributed by atoms with Crippen LogP contribution in [0.5, 0.6) is 0 Å². The Hall–Kier alpha value is -2.84. The Morgan fingerprint density at radius 1 is 1.03 bits per heavy atom. The zero-order valence-corrected chi connectivity index (χ0v) is 19.3. The van der Waals surface area contributed by atoms with Gasteiger partial charge in [-0.2, -0.15) is 0 Å². The number of nitrogens with zero attached hydrogens (tertiary/aromatic N) is 1. The average Bonchev–Trinajstić information content (AvgIpc) is 2.76. The van der Waals surface area contributed by atoms with Gasteiger partial charge in [0.1, 0.15) is 5.82 Å². The lowest BCUT2D eigenvalue weighted by atomic mass is 9.92. The normalized spacial score (nSPS) is 14.8. The first-order valence-electron chi connectivity index (χ1n) is 10.6. The number of aliphatic carboxylic acids is 1. The Kier molecular flexibility index (Phi) is 7.35. The van der Waals surface area contributed by atoms with Crippen LogP contribution < -0.4 is 0 Å². The molecular formula is C27H22Cl2FNO2. The summed E-state index contributed by atoms with van der Waals surface area (Å²) >= 11 is 12.2. The molecule has 0 radical (unpaired) electrons. The lowest BCUT2D eigenvalue weighted by Crippen LogP contribution is -2.49. The van der Waals surface area contributed by atoms with Crippen LogP contribution in [0.4, 0.5) is 4.39 Å². The van der Waals surface area contributed by atoms with Crippen molar-refractivity contribution in [2.45, 2.75) is 18.9 Å². The monoisotopic (exact) mass is 481 g/mol. The number of hydrogen-bond donors (Lipinski definition) is 1. The largest absolute Gasteiger partial charge is 0.481 e. The number of rotatable bonds is 6. The minimum absolute atomic E-state index is 0.216. The Morgan fingerprint density at radius 2 is 1.76 bits per heavy atom. The summed E-state index contributed by atoms with van der Waals surface area (Å²) in [6, 6.07) is 19.9. The van der Waals surface area contributed by atoms with Crippen LogP contribution in [0.2, 0.25) is 10.0 Å². The standard InChI is InChI=1S/C27H22Cl2FNO2/c28-25-11-9-20(13-26(25)29)12-22(21-2-1-3-24(30)14-21)10-8-18-4-6-19(7-5-18)15-31-16-23(17-31)27(32)33/h1-7,9,11,13-14,22-23H,12,15-17H2,(H,32,33). The molecule has 1 N–H and O–H groups in total. The summed E-state index contributed by atoms with van der Waals surface area (Å²) in [4.78, 5) is 13.1. The van der Waals surface area contributed by atoms with Crippen molar-refractivity contribution in [2.75, 3.05) is 13.1 Å². The second kappa shape index (κ2) is 10.4. The summed E-state index contributed by atoms with van der Waals surface area (Å²) in [5.41, 5.74) is 3.75. The zero-order chi connectivity index (χ0) is 23.4. The van der Waals surface area contributed by atoms with Crippen LogP contribution in [0.1, 0.15) is 28.2 Å². The highest BCUT2D eigenvalue weighted by atomic mass is 35.5. The number of hydrogen-bond acceptors (Lipinski definition) is 2. The fourth-order valence-corrected chi connectivity index (χ4v) is 4.18. The van der Waals surface area contributed by atoms with Crippen molar-refractivity contribution in [1.29, 1.82) is 0 Å². The Labute approximate surface area is 202 Å². The molecule has 0 saturated carbocycles. The van der Waals surface area contributed by atoms with Crippen molar-refractivity contribution in [3.05, 3.63) is 105 Å². The summed E-state index contributed by atoms with van der Waals surface area (Å²) in [6.45, 7) is 1.89. The molecule has 1 heterocycles. The summed E-state index contributed by atoms with van der Waals surface area (Å²) in [5.74, 6) is 5.01. The van der Waals surface area contributed by atoms with E-state index in [1.165, 1.54) is 12.1 Å². The molecule has 1 unspecified atom stereocenters. The van der Waals surface area contributed by atoms with Crippen LogP contribution in [-0.4, -0.2) is 29.1 Å². The van der Waals surface area contributed by atoms with Gasteiger partial charge in [0.15, 0.2) is 0 Å². The maximum Gasteiger partial charge on any atom is 0.309 e. The van der Waals surface area contributed by atoms with Crippen LogP contribution in [0, 0.1) is 23.6 Å². The maximum atomic E-state index is 13.9. The summed E-state index contributed by atoms with van der Waals surface area (Å²) < 4.78 is 13.9. The molecule has 0 spiro atoms. The number of carbonyl (C=O) groups is 1. The third-order valence-electron chi connectivity index (χ3n) is 5.73. The van der Waals surface area contributed by atoms with E-state index in [1.807, 2.05) is 42.5 Å². The second-order valence-electron chi connectivity index (χ2n) is 8.26. The highest BCUT2D eigenvalue weighted by molar-refractivity contribution is 6.42. The van der Waals surface area contributed by atoms with Gasteiger partial charge in [0.25, 0.3) is 0 Å². The van der Waals surface area contributed by atoms with Gasteiger partial charge in [-0.25, -0.2) is 4.39 Å². The molecule has 168 valence electrons. The van der Waals surface area contributed by atoms with Crippen LogP contribution in [0.15, 0.2) is 66.7 Å². The van der Waals surface area contributed by atoms with E-state index in [4.69, 9.17) is 28.3 Å². The lowest BCUT2D eigenvalue weighted by molar-refractivity contribution is -0.147. The van der Waals surface area contributed by atoms with Crippen LogP contribution in [0.25, 0.3) is 0 Å². The van der Waals surface area contributed by atoms with Crippen molar-refractivity contribution in [3.8, 4) is 11.8 Å². The molecule has 0 bridgehead atoms. The zero-order valence-electron chi connectivity index (χ0n) is 17.8. The molecule has 3 nitrogen and oxygen atoms in total. The third kappa shape index (κ3) is 6.15. The van der Waals surface area contributed by atoms with E-state index in [9.17, 15) is 9.18 Å². The summed E-state index contributed by atoms with van der Waals surface area (Å²) in [7, 11) is 0. The molecule has 0 amide bonds. The molecule has 3 aromatic rings. The van der Waals surface area contributed by atoms with Gasteiger partial charge in [-0.3, -0.25) is 9.69 Å². The van der Waals surface area contributed by atoms with Gasteiger partial charge >= 0.3 is 5.97 Å². The van der Waals surface area contributed by atoms with E-state index in [-0.39, 0.29) is 17.7 Å². The van der Waals surface area contributed by atoms with E-state index >= 15 is 0 Å². The predicted molar refractivity (Wildman–Crippen MR) is 129 cm³/mol. The van der Waals surface area contributed by atoms with Gasteiger partial charge in [0, 0.05) is 31.1 Å². The number of likely N-dealkylation sites (tertiary alicyclic amines) is 1. The number of carboxylic acid groups (broad SMARTS) is 1.